The minimum atomic E-state index is -0.00808. The van der Waals surface area contributed by atoms with E-state index in [9.17, 15) is 0 Å². The Bertz CT molecular complexity index is 1160. The van der Waals surface area contributed by atoms with Gasteiger partial charge in [0.15, 0.2) is 11.3 Å². The molecule has 1 atom stereocenters. The van der Waals surface area contributed by atoms with Crippen LogP contribution in [0, 0.1) is 5.92 Å². The molecule has 1 aliphatic heterocycles. The molecule has 29 heavy (non-hydrogen) atoms. The van der Waals surface area contributed by atoms with Gasteiger partial charge in [-0.2, -0.15) is 4.52 Å². The highest BCUT2D eigenvalue weighted by atomic mass is 16.5. The summed E-state index contributed by atoms with van der Waals surface area (Å²) in [6.45, 7) is 8.93. The maximum Gasteiger partial charge on any atom is 0.231 e. The predicted octanol–water partition coefficient (Wildman–Crippen LogP) is 2.37. The maximum absolute atomic E-state index is 6.00. The Hall–Kier alpha value is -3.23. The van der Waals surface area contributed by atoms with Crippen molar-refractivity contribution in [1.82, 2.24) is 34.4 Å². The zero-order chi connectivity index (χ0) is 20.0. The number of hydrogen-bond acceptors (Lipinski definition) is 7. The summed E-state index contributed by atoms with van der Waals surface area (Å²) in [5.41, 5.74) is 2.60. The molecule has 1 saturated heterocycles. The Morgan fingerprint density at radius 1 is 1.07 bits per heavy atom. The second-order valence-electron chi connectivity index (χ2n) is 8.59. The van der Waals surface area contributed by atoms with Crippen LogP contribution in [0.4, 0.5) is 5.82 Å². The van der Waals surface area contributed by atoms with Crippen LogP contribution in [0.2, 0.25) is 0 Å². The second kappa shape index (κ2) is 6.68. The monoisotopic (exact) mass is 392 g/mol. The number of aromatic nitrogens is 7. The lowest BCUT2D eigenvalue weighted by Crippen LogP contribution is -2.23. The van der Waals surface area contributed by atoms with Crippen LogP contribution >= 0.6 is 0 Å². The van der Waals surface area contributed by atoms with Gasteiger partial charge in [-0.05, 0) is 24.6 Å². The smallest absolute Gasteiger partial charge is 0.231 e. The number of imidazole rings is 1. The van der Waals surface area contributed by atoms with Gasteiger partial charge >= 0.3 is 0 Å². The molecule has 1 unspecified atom stereocenters. The third-order valence-corrected chi connectivity index (χ3v) is 5.29. The third-order valence-electron chi connectivity index (χ3n) is 5.29. The third kappa shape index (κ3) is 3.48. The van der Waals surface area contributed by atoms with E-state index in [1.807, 2.05) is 30.5 Å². The molecule has 0 saturated carbocycles. The van der Waals surface area contributed by atoms with Gasteiger partial charge in [-0.3, -0.25) is 0 Å². The van der Waals surface area contributed by atoms with Crippen molar-refractivity contribution in [1.29, 1.82) is 0 Å². The van der Waals surface area contributed by atoms with E-state index in [1.54, 1.807) is 15.4 Å². The molecule has 0 amide bonds. The SMILES string of the molecule is CC(C)(C)c1cn2nc(OCC3CCN(c4ccc5nncn5n4)C3)ccc2n1. The molecule has 5 rings (SSSR count). The highest BCUT2D eigenvalue weighted by molar-refractivity contribution is 5.45. The van der Waals surface area contributed by atoms with Crippen LogP contribution < -0.4 is 9.64 Å². The molecule has 4 aromatic heterocycles. The second-order valence-corrected chi connectivity index (χ2v) is 8.59. The summed E-state index contributed by atoms with van der Waals surface area (Å²) < 4.78 is 9.51. The predicted molar refractivity (Wildman–Crippen MR) is 108 cm³/mol. The largest absolute Gasteiger partial charge is 0.476 e. The number of rotatable bonds is 4. The van der Waals surface area contributed by atoms with Crippen molar-refractivity contribution >= 4 is 17.1 Å². The Labute approximate surface area is 168 Å². The minimum Gasteiger partial charge on any atom is -0.476 e. The van der Waals surface area contributed by atoms with Crippen molar-refractivity contribution in [3.05, 3.63) is 42.5 Å². The molecule has 150 valence electrons. The number of nitrogens with zero attached hydrogens (tertiary/aromatic N) is 8. The van der Waals surface area contributed by atoms with Crippen LogP contribution in [-0.2, 0) is 5.41 Å². The first-order valence-electron chi connectivity index (χ1n) is 9.87. The molecule has 0 N–H and O–H groups in total. The topological polar surface area (TPSA) is 85.7 Å². The van der Waals surface area contributed by atoms with Crippen LogP contribution in [0.5, 0.6) is 5.88 Å². The van der Waals surface area contributed by atoms with E-state index in [1.165, 1.54) is 0 Å². The van der Waals surface area contributed by atoms with Gasteiger partial charge in [-0.15, -0.1) is 20.4 Å². The molecule has 1 fully saturated rings. The Balaban J connectivity index is 1.23. The lowest BCUT2D eigenvalue weighted by atomic mass is 9.93. The fourth-order valence-corrected chi connectivity index (χ4v) is 3.57. The highest BCUT2D eigenvalue weighted by Gasteiger charge is 2.25. The summed E-state index contributed by atoms with van der Waals surface area (Å²) in [5.74, 6) is 1.99. The first-order chi connectivity index (χ1) is 14.0. The fourth-order valence-electron chi connectivity index (χ4n) is 3.57. The van der Waals surface area contributed by atoms with Crippen molar-refractivity contribution in [3.63, 3.8) is 0 Å². The number of ether oxygens (including phenoxy) is 1. The summed E-state index contributed by atoms with van der Waals surface area (Å²) in [4.78, 5) is 6.92. The Morgan fingerprint density at radius 3 is 2.79 bits per heavy atom. The molecule has 0 aliphatic carbocycles. The average molecular weight is 392 g/mol. The van der Waals surface area contributed by atoms with Gasteiger partial charge in [-0.1, -0.05) is 20.8 Å². The van der Waals surface area contributed by atoms with Gasteiger partial charge in [0.05, 0.1) is 18.5 Å². The molecular formula is C20H24N8O. The zero-order valence-corrected chi connectivity index (χ0v) is 16.9. The lowest BCUT2D eigenvalue weighted by Gasteiger charge is -2.17. The highest BCUT2D eigenvalue weighted by Crippen LogP contribution is 2.24. The van der Waals surface area contributed by atoms with Crippen molar-refractivity contribution in [2.45, 2.75) is 32.6 Å². The zero-order valence-electron chi connectivity index (χ0n) is 16.9. The van der Waals surface area contributed by atoms with Gasteiger partial charge in [0.1, 0.15) is 12.1 Å². The Morgan fingerprint density at radius 2 is 1.93 bits per heavy atom. The van der Waals surface area contributed by atoms with Crippen LogP contribution in [0.15, 0.2) is 36.8 Å². The van der Waals surface area contributed by atoms with Crippen molar-refractivity contribution in [2.24, 2.45) is 5.92 Å². The quantitative estimate of drug-likeness (QED) is 0.527. The number of fused-ring (bicyclic) bond motifs is 2. The summed E-state index contributed by atoms with van der Waals surface area (Å²) in [6, 6.07) is 7.78. The molecule has 0 aromatic carbocycles. The van der Waals surface area contributed by atoms with E-state index in [-0.39, 0.29) is 5.41 Å². The van der Waals surface area contributed by atoms with Crippen LogP contribution in [0.3, 0.4) is 0 Å². The first kappa shape index (κ1) is 17.8. The van der Waals surface area contributed by atoms with E-state index in [4.69, 9.17) is 4.74 Å². The van der Waals surface area contributed by atoms with Crippen molar-refractivity contribution < 1.29 is 4.74 Å². The number of anilines is 1. The van der Waals surface area contributed by atoms with Crippen LogP contribution in [-0.4, -0.2) is 54.1 Å². The molecule has 9 heteroatoms. The summed E-state index contributed by atoms with van der Waals surface area (Å²) in [6.07, 6.45) is 4.66. The molecular weight excluding hydrogens is 368 g/mol. The molecule has 9 nitrogen and oxygen atoms in total. The molecule has 0 spiro atoms. The molecule has 4 aromatic rings. The standard InChI is InChI=1S/C20H24N8O/c1-20(2,3)15-11-27-16(22-15)6-7-19(25-27)29-12-14-8-9-26(10-14)18-5-4-17-23-21-13-28(17)24-18/h4-7,11,13-14H,8-10,12H2,1-3H3. The fraction of sp³-hybridized carbons (Fsp3) is 0.450. The average Bonchev–Trinajstić information content (AvgIpc) is 3.43. The summed E-state index contributed by atoms with van der Waals surface area (Å²) in [7, 11) is 0. The van der Waals surface area contributed by atoms with E-state index in [0.29, 0.717) is 18.4 Å². The molecule has 5 heterocycles. The number of hydrogen-bond donors (Lipinski definition) is 0. The molecule has 0 radical (unpaired) electrons. The van der Waals surface area contributed by atoms with Crippen molar-refractivity contribution in [3.8, 4) is 5.88 Å². The minimum absolute atomic E-state index is 0.00808. The molecule has 1 aliphatic rings. The summed E-state index contributed by atoms with van der Waals surface area (Å²) >= 11 is 0. The summed E-state index contributed by atoms with van der Waals surface area (Å²) in [5, 5.41) is 17.0. The van der Waals surface area contributed by atoms with Crippen LogP contribution in [0.25, 0.3) is 11.3 Å². The van der Waals surface area contributed by atoms with Gasteiger partial charge < -0.3 is 9.64 Å². The normalized spacial score (nSPS) is 17.5. The van der Waals surface area contributed by atoms with E-state index >= 15 is 0 Å². The van der Waals surface area contributed by atoms with Gasteiger partial charge in [0.2, 0.25) is 5.88 Å². The van der Waals surface area contributed by atoms with Crippen molar-refractivity contribution in [2.75, 3.05) is 24.6 Å². The van der Waals surface area contributed by atoms with Gasteiger partial charge in [-0.25, -0.2) is 9.50 Å². The van der Waals surface area contributed by atoms with E-state index < -0.39 is 0 Å². The first-order valence-corrected chi connectivity index (χ1v) is 9.87. The maximum atomic E-state index is 6.00. The van der Waals surface area contributed by atoms with Crippen LogP contribution in [0.1, 0.15) is 32.9 Å². The Kier molecular flexibility index (Phi) is 4.11. The van der Waals surface area contributed by atoms with E-state index in [2.05, 4.69) is 51.0 Å². The van der Waals surface area contributed by atoms with Gasteiger partial charge in [0, 0.05) is 30.5 Å². The van der Waals surface area contributed by atoms with Gasteiger partial charge in [0.25, 0.3) is 0 Å². The lowest BCUT2D eigenvalue weighted by molar-refractivity contribution is 0.249. The molecule has 0 bridgehead atoms. The van der Waals surface area contributed by atoms with E-state index in [0.717, 1.165) is 42.3 Å².